The van der Waals surface area contributed by atoms with Gasteiger partial charge in [-0.1, -0.05) is 11.6 Å². The molecule has 0 heterocycles. The van der Waals surface area contributed by atoms with E-state index < -0.39 is 18.5 Å². The number of hydrogen-bond acceptors (Lipinski definition) is 7. The zero-order valence-corrected chi connectivity index (χ0v) is 17.7. The molecule has 2 aromatic carbocycles. The molecular formula is C21H22ClNO7. The van der Waals surface area contributed by atoms with Crippen LogP contribution in [0.3, 0.4) is 0 Å². The lowest BCUT2D eigenvalue weighted by Crippen LogP contribution is -2.20. The van der Waals surface area contributed by atoms with Crippen LogP contribution >= 0.6 is 11.6 Å². The average Bonchev–Trinajstić information content (AvgIpc) is 2.76. The van der Waals surface area contributed by atoms with Crippen molar-refractivity contribution in [2.45, 2.75) is 0 Å². The molecule has 0 aliphatic carbocycles. The van der Waals surface area contributed by atoms with Crippen LogP contribution in [0, 0.1) is 0 Å². The first kappa shape index (κ1) is 22.9. The van der Waals surface area contributed by atoms with E-state index in [9.17, 15) is 9.59 Å². The Morgan fingerprint density at radius 2 is 1.63 bits per heavy atom. The molecule has 1 N–H and O–H groups in total. The molecule has 0 radical (unpaired) electrons. The summed E-state index contributed by atoms with van der Waals surface area (Å²) in [5, 5.41) is 2.87. The fraction of sp³-hybridized carbons (Fsp3) is 0.238. The smallest absolute Gasteiger partial charge is 0.331 e. The van der Waals surface area contributed by atoms with Gasteiger partial charge in [0.2, 0.25) is 0 Å². The number of methoxy groups -OCH3 is 4. The molecule has 1 amide bonds. The molecule has 0 fully saturated rings. The number of benzene rings is 2. The molecule has 0 unspecified atom stereocenters. The third kappa shape index (κ3) is 6.05. The predicted octanol–water partition coefficient (Wildman–Crippen LogP) is 3.57. The van der Waals surface area contributed by atoms with E-state index in [4.69, 9.17) is 35.3 Å². The lowest BCUT2D eigenvalue weighted by molar-refractivity contribution is -0.142. The second kappa shape index (κ2) is 11.0. The Morgan fingerprint density at radius 3 is 2.27 bits per heavy atom. The van der Waals surface area contributed by atoms with E-state index in [0.717, 1.165) is 0 Å². The molecule has 30 heavy (non-hydrogen) atoms. The molecule has 0 saturated carbocycles. The SMILES string of the molecule is COc1ccc(OC)c(/C=C/C(=O)OCC(=O)Nc2cc(Cl)c(OC)cc2OC)c1. The predicted molar refractivity (Wildman–Crippen MR) is 113 cm³/mol. The fourth-order valence-corrected chi connectivity index (χ4v) is 2.70. The van der Waals surface area contributed by atoms with Gasteiger partial charge < -0.3 is 29.0 Å². The normalized spacial score (nSPS) is 10.4. The van der Waals surface area contributed by atoms with Gasteiger partial charge in [-0.05, 0) is 30.3 Å². The van der Waals surface area contributed by atoms with Crippen LogP contribution in [0.2, 0.25) is 5.02 Å². The highest BCUT2D eigenvalue weighted by Gasteiger charge is 2.13. The minimum atomic E-state index is -0.699. The maximum absolute atomic E-state index is 12.1. The molecule has 0 aliphatic heterocycles. The number of carbonyl (C=O) groups is 2. The van der Waals surface area contributed by atoms with Gasteiger partial charge in [0.15, 0.2) is 6.61 Å². The van der Waals surface area contributed by atoms with E-state index in [1.54, 1.807) is 18.2 Å². The van der Waals surface area contributed by atoms with Crippen molar-refractivity contribution in [1.29, 1.82) is 0 Å². The van der Waals surface area contributed by atoms with Crippen LogP contribution < -0.4 is 24.3 Å². The number of hydrogen-bond donors (Lipinski definition) is 1. The summed E-state index contributed by atoms with van der Waals surface area (Å²) in [5.74, 6) is 0.651. The molecule has 2 rings (SSSR count). The summed E-state index contributed by atoms with van der Waals surface area (Å²) in [6, 6.07) is 8.17. The number of carbonyl (C=O) groups excluding carboxylic acids is 2. The minimum absolute atomic E-state index is 0.292. The van der Waals surface area contributed by atoms with Gasteiger partial charge in [-0.2, -0.15) is 0 Å². The third-order valence-electron chi connectivity index (χ3n) is 3.93. The summed E-state index contributed by atoms with van der Waals surface area (Å²) >= 11 is 6.07. The molecule has 9 heteroatoms. The Balaban J connectivity index is 1.98. The second-order valence-electron chi connectivity index (χ2n) is 5.78. The number of amides is 1. The molecule has 8 nitrogen and oxygen atoms in total. The van der Waals surface area contributed by atoms with E-state index in [-0.39, 0.29) is 0 Å². The number of ether oxygens (including phenoxy) is 5. The zero-order chi connectivity index (χ0) is 22.1. The molecule has 0 spiro atoms. The molecule has 0 aliphatic rings. The molecule has 0 saturated heterocycles. The maximum atomic E-state index is 12.1. The third-order valence-corrected chi connectivity index (χ3v) is 4.22. The number of rotatable bonds is 9. The van der Waals surface area contributed by atoms with Crippen LogP contribution in [0.1, 0.15) is 5.56 Å². The van der Waals surface area contributed by atoms with E-state index in [1.807, 2.05) is 0 Å². The van der Waals surface area contributed by atoms with Crippen LogP contribution in [0.5, 0.6) is 23.0 Å². The van der Waals surface area contributed by atoms with Gasteiger partial charge in [0.25, 0.3) is 5.91 Å². The first-order valence-electron chi connectivity index (χ1n) is 8.70. The summed E-state index contributed by atoms with van der Waals surface area (Å²) in [7, 11) is 5.96. The lowest BCUT2D eigenvalue weighted by atomic mass is 10.1. The van der Waals surface area contributed by atoms with Crippen LogP contribution in [-0.4, -0.2) is 46.9 Å². The topological polar surface area (TPSA) is 92.3 Å². The van der Waals surface area contributed by atoms with Crippen LogP contribution in [0.25, 0.3) is 6.08 Å². The maximum Gasteiger partial charge on any atom is 0.331 e. The second-order valence-corrected chi connectivity index (χ2v) is 6.19. The molecule has 160 valence electrons. The van der Waals surface area contributed by atoms with Gasteiger partial charge in [0, 0.05) is 17.7 Å². The van der Waals surface area contributed by atoms with Crippen molar-refractivity contribution < 1.29 is 33.3 Å². The van der Waals surface area contributed by atoms with Crippen LogP contribution in [0.15, 0.2) is 36.4 Å². The van der Waals surface area contributed by atoms with E-state index in [1.165, 1.54) is 52.7 Å². The summed E-state index contributed by atoms with van der Waals surface area (Å²) in [5.41, 5.74) is 0.942. The Hall–Kier alpha value is -3.39. The Kier molecular flexibility index (Phi) is 8.37. The summed E-state index contributed by atoms with van der Waals surface area (Å²) in [6.07, 6.45) is 2.70. The summed E-state index contributed by atoms with van der Waals surface area (Å²) < 4.78 is 25.7. The van der Waals surface area contributed by atoms with Gasteiger partial charge in [0.05, 0.1) is 39.1 Å². The van der Waals surface area contributed by atoms with Gasteiger partial charge in [0.1, 0.15) is 23.0 Å². The summed E-state index contributed by atoms with van der Waals surface area (Å²) in [4.78, 5) is 24.1. The number of nitrogens with one attached hydrogen (secondary N) is 1. The number of halogens is 1. The fourth-order valence-electron chi connectivity index (χ4n) is 2.46. The molecule has 0 aromatic heterocycles. The highest BCUT2D eigenvalue weighted by atomic mass is 35.5. The lowest BCUT2D eigenvalue weighted by Gasteiger charge is -2.13. The van der Waals surface area contributed by atoms with Crippen LogP contribution in [0.4, 0.5) is 5.69 Å². The first-order valence-corrected chi connectivity index (χ1v) is 9.07. The monoisotopic (exact) mass is 435 g/mol. The van der Waals surface area contributed by atoms with Crippen molar-refractivity contribution in [3.05, 3.63) is 47.0 Å². The molecule has 0 atom stereocenters. The molecule has 2 aromatic rings. The van der Waals surface area contributed by atoms with Crippen molar-refractivity contribution >= 4 is 35.2 Å². The van der Waals surface area contributed by atoms with Gasteiger partial charge in [-0.15, -0.1) is 0 Å². The number of anilines is 1. The zero-order valence-electron chi connectivity index (χ0n) is 17.0. The van der Waals surface area contributed by atoms with Crippen molar-refractivity contribution in [2.24, 2.45) is 0 Å². The molecule has 0 bridgehead atoms. The van der Waals surface area contributed by atoms with Crippen molar-refractivity contribution in [3.63, 3.8) is 0 Å². The average molecular weight is 436 g/mol. The van der Waals surface area contributed by atoms with E-state index >= 15 is 0 Å². The van der Waals surface area contributed by atoms with Crippen molar-refractivity contribution in [2.75, 3.05) is 40.4 Å². The highest BCUT2D eigenvalue weighted by Crippen LogP contribution is 2.35. The largest absolute Gasteiger partial charge is 0.497 e. The highest BCUT2D eigenvalue weighted by molar-refractivity contribution is 6.32. The number of esters is 1. The first-order chi connectivity index (χ1) is 14.4. The van der Waals surface area contributed by atoms with E-state index in [2.05, 4.69) is 5.32 Å². The quantitative estimate of drug-likeness (QED) is 0.475. The Morgan fingerprint density at radius 1 is 0.933 bits per heavy atom. The van der Waals surface area contributed by atoms with Crippen molar-refractivity contribution in [3.8, 4) is 23.0 Å². The van der Waals surface area contributed by atoms with Gasteiger partial charge in [-0.3, -0.25) is 4.79 Å². The summed E-state index contributed by atoms with van der Waals surface area (Å²) in [6.45, 7) is -0.495. The van der Waals surface area contributed by atoms with E-state index in [0.29, 0.717) is 39.3 Å². The minimum Gasteiger partial charge on any atom is -0.497 e. The Labute approximate surface area is 179 Å². The van der Waals surface area contributed by atoms with Gasteiger partial charge in [-0.25, -0.2) is 4.79 Å². The van der Waals surface area contributed by atoms with Gasteiger partial charge >= 0.3 is 5.97 Å². The van der Waals surface area contributed by atoms with Crippen molar-refractivity contribution in [1.82, 2.24) is 0 Å². The Bertz CT molecular complexity index is 943. The standard InChI is InChI=1S/C21H22ClNO7/c1-26-14-6-7-17(27-2)13(9-14)5-8-21(25)30-12-20(24)23-16-10-15(22)18(28-3)11-19(16)29-4/h5-11H,12H2,1-4H3,(H,23,24)/b8-5+. The van der Waals surface area contributed by atoms with Crippen LogP contribution in [-0.2, 0) is 14.3 Å². The molecular weight excluding hydrogens is 414 g/mol.